The van der Waals surface area contributed by atoms with Crippen molar-refractivity contribution in [3.05, 3.63) is 161 Å². The van der Waals surface area contributed by atoms with Gasteiger partial charge in [0.05, 0.1) is 17.0 Å². The van der Waals surface area contributed by atoms with Crippen LogP contribution in [-0.2, 0) is 21.7 Å². The van der Waals surface area contributed by atoms with Gasteiger partial charge in [0.25, 0.3) is 6.71 Å². The predicted octanol–water partition coefficient (Wildman–Crippen LogP) is 15.3. The molecule has 4 nitrogen and oxygen atoms in total. The van der Waals surface area contributed by atoms with Gasteiger partial charge in [-0.2, -0.15) is 0 Å². The molecule has 7 aromatic carbocycles. The van der Waals surface area contributed by atoms with Gasteiger partial charge in [-0.3, -0.25) is 0 Å². The summed E-state index contributed by atoms with van der Waals surface area (Å²) in [7, 11) is 0. The second kappa shape index (κ2) is 13.8. The molecule has 0 N–H and O–H groups in total. The summed E-state index contributed by atoms with van der Waals surface area (Å²) in [5, 5.41) is 3.39. The quantitative estimate of drug-likeness (QED) is 0.166. The molecular formula is C61H59BN2O2. The smallest absolute Gasteiger partial charge is 0.297 e. The average Bonchev–Trinajstić information content (AvgIpc) is 3.84. The van der Waals surface area contributed by atoms with Crippen LogP contribution >= 0.6 is 0 Å². The molecular weight excluding hydrogens is 803 g/mol. The molecule has 0 fully saturated rings. The van der Waals surface area contributed by atoms with E-state index in [0.717, 1.165) is 68.8 Å². The molecule has 2 aromatic heterocycles. The maximum atomic E-state index is 7.55. The predicted molar refractivity (Wildman–Crippen MR) is 280 cm³/mol. The van der Waals surface area contributed by atoms with E-state index < -0.39 is 0 Å². The highest BCUT2D eigenvalue weighted by atomic mass is 16.3. The molecule has 66 heavy (non-hydrogen) atoms. The molecule has 0 radical (unpaired) electrons. The fraction of sp³-hybridized carbons (Fsp3) is 0.279. The van der Waals surface area contributed by atoms with Gasteiger partial charge in [0.2, 0.25) is 0 Å². The van der Waals surface area contributed by atoms with Crippen molar-refractivity contribution in [2.45, 2.75) is 111 Å². The van der Waals surface area contributed by atoms with Gasteiger partial charge >= 0.3 is 0 Å². The number of rotatable bonds is 3. The third-order valence-electron chi connectivity index (χ3n) is 15.5. The van der Waals surface area contributed by atoms with Crippen molar-refractivity contribution < 1.29 is 8.83 Å². The zero-order valence-corrected chi connectivity index (χ0v) is 40.4. The first-order valence-corrected chi connectivity index (χ1v) is 24.0. The van der Waals surface area contributed by atoms with Crippen LogP contribution < -0.4 is 26.4 Å². The molecule has 4 heterocycles. The average molecular weight is 863 g/mol. The van der Waals surface area contributed by atoms with Crippen LogP contribution in [0, 0.1) is 6.92 Å². The Labute approximate surface area is 390 Å². The van der Waals surface area contributed by atoms with E-state index in [1.54, 1.807) is 0 Å². The highest BCUT2D eigenvalue weighted by molar-refractivity contribution is 7.00. The lowest BCUT2D eigenvalue weighted by molar-refractivity contribution is 0.332. The van der Waals surface area contributed by atoms with Crippen LogP contribution in [0.15, 0.2) is 142 Å². The van der Waals surface area contributed by atoms with E-state index in [9.17, 15) is 0 Å². The first kappa shape index (κ1) is 41.0. The Hall–Kier alpha value is -6.46. The van der Waals surface area contributed by atoms with Crippen molar-refractivity contribution in [2.24, 2.45) is 0 Å². The Bertz CT molecular complexity index is 3460. The zero-order valence-electron chi connectivity index (χ0n) is 40.4. The summed E-state index contributed by atoms with van der Waals surface area (Å²) in [6, 6.07) is 50.3. The normalized spacial score (nSPS) is 16.1. The summed E-state index contributed by atoms with van der Waals surface area (Å²) < 4.78 is 14.3. The number of para-hydroxylation sites is 1. The Morgan fingerprint density at radius 2 is 1.14 bits per heavy atom. The molecule has 0 bridgehead atoms. The van der Waals surface area contributed by atoms with E-state index in [1.807, 2.05) is 0 Å². The van der Waals surface area contributed by atoms with Crippen LogP contribution in [0.2, 0.25) is 0 Å². The van der Waals surface area contributed by atoms with Gasteiger partial charge < -0.3 is 18.6 Å². The molecule has 12 rings (SSSR count). The van der Waals surface area contributed by atoms with Crippen molar-refractivity contribution in [1.29, 1.82) is 0 Å². The molecule has 0 atom stereocenters. The molecule has 328 valence electrons. The van der Waals surface area contributed by atoms with Gasteiger partial charge in [0.15, 0.2) is 0 Å². The number of benzene rings is 7. The molecule has 0 spiro atoms. The largest absolute Gasteiger partial charge is 0.468 e. The van der Waals surface area contributed by atoms with Gasteiger partial charge in [0.1, 0.15) is 16.7 Å². The Kier molecular flexibility index (Phi) is 8.57. The second-order valence-corrected chi connectivity index (χ2v) is 22.9. The number of hydrogen-bond acceptors (Lipinski definition) is 4. The lowest BCUT2D eigenvalue weighted by Crippen LogP contribution is -2.61. The highest BCUT2D eigenvalue weighted by Gasteiger charge is 2.48. The number of nitrogens with zero attached hydrogens (tertiary/aromatic N) is 2. The number of furan rings is 2. The van der Waals surface area contributed by atoms with E-state index >= 15 is 0 Å². The van der Waals surface area contributed by atoms with Gasteiger partial charge in [0, 0.05) is 44.5 Å². The summed E-state index contributed by atoms with van der Waals surface area (Å²) >= 11 is 0. The fourth-order valence-electron chi connectivity index (χ4n) is 11.6. The molecule has 1 aliphatic carbocycles. The van der Waals surface area contributed by atoms with Crippen molar-refractivity contribution in [3.8, 4) is 11.1 Å². The standard InChI is InChI=1S/C61H59BN2O2/c1-36-29-50-55-51(30-36)64(48-26-23-39(59(5,6)7)31-42(48)37-17-13-12-14-18-37)49-33-43-41-19-15-16-20-52(41)65-54(43)35-47(49)62(55)57-56(63(50)40-24-21-38(22-25-40)58(2,3)4)44-32-45-46(34-53(44)66-57)61(10,11)28-27-60(45,8)9/h12-26,29-35H,27-28H2,1-11H3. The first-order chi connectivity index (χ1) is 31.4. The molecule has 0 amide bonds. The summed E-state index contributed by atoms with van der Waals surface area (Å²) in [6.07, 6.45) is 2.28. The van der Waals surface area contributed by atoms with Crippen molar-refractivity contribution in [3.63, 3.8) is 0 Å². The van der Waals surface area contributed by atoms with Crippen LogP contribution in [0.25, 0.3) is 44.0 Å². The third kappa shape index (κ3) is 6.04. The van der Waals surface area contributed by atoms with Gasteiger partial charge in [-0.05, 0) is 152 Å². The van der Waals surface area contributed by atoms with E-state index in [0.29, 0.717) is 0 Å². The lowest BCUT2D eigenvalue weighted by Gasteiger charge is -2.43. The zero-order chi connectivity index (χ0) is 45.8. The minimum Gasteiger partial charge on any atom is -0.468 e. The van der Waals surface area contributed by atoms with E-state index in [1.165, 1.54) is 66.6 Å². The summed E-state index contributed by atoms with van der Waals surface area (Å²) in [4.78, 5) is 5.10. The molecule has 0 saturated carbocycles. The second-order valence-electron chi connectivity index (χ2n) is 22.9. The van der Waals surface area contributed by atoms with Gasteiger partial charge in [-0.1, -0.05) is 136 Å². The molecule has 9 aromatic rings. The van der Waals surface area contributed by atoms with E-state index in [2.05, 4.69) is 219 Å². The molecule has 0 saturated heterocycles. The molecule has 2 aliphatic heterocycles. The summed E-state index contributed by atoms with van der Waals surface area (Å²) in [6.45, 7) is 25.5. The lowest BCUT2D eigenvalue weighted by atomic mass is 9.35. The van der Waals surface area contributed by atoms with Gasteiger partial charge in [-0.15, -0.1) is 0 Å². The highest BCUT2D eigenvalue weighted by Crippen LogP contribution is 2.53. The Balaban J connectivity index is 1.22. The monoisotopic (exact) mass is 862 g/mol. The first-order valence-electron chi connectivity index (χ1n) is 24.0. The van der Waals surface area contributed by atoms with Crippen LogP contribution in [0.1, 0.15) is 110 Å². The third-order valence-corrected chi connectivity index (χ3v) is 15.5. The number of fused-ring (bicyclic) bond motifs is 10. The van der Waals surface area contributed by atoms with Crippen LogP contribution in [0.3, 0.4) is 0 Å². The van der Waals surface area contributed by atoms with Gasteiger partial charge in [-0.25, -0.2) is 0 Å². The Morgan fingerprint density at radius 1 is 0.515 bits per heavy atom. The van der Waals surface area contributed by atoms with Crippen LogP contribution in [0.4, 0.5) is 34.1 Å². The van der Waals surface area contributed by atoms with Crippen LogP contribution in [0.5, 0.6) is 0 Å². The van der Waals surface area contributed by atoms with E-state index in [-0.39, 0.29) is 28.4 Å². The number of hydrogen-bond donors (Lipinski definition) is 0. The topological polar surface area (TPSA) is 32.8 Å². The minimum absolute atomic E-state index is 0.0180. The van der Waals surface area contributed by atoms with E-state index in [4.69, 9.17) is 8.83 Å². The maximum absolute atomic E-state index is 7.55. The fourth-order valence-corrected chi connectivity index (χ4v) is 11.6. The van der Waals surface area contributed by atoms with Crippen molar-refractivity contribution in [1.82, 2.24) is 0 Å². The summed E-state index contributed by atoms with van der Waals surface area (Å²) in [5.41, 5.74) is 22.1. The SMILES string of the molecule is Cc1cc2c3c(c1)N(c1ccc(C(C)(C)C)cc1)c1c(oc4cc5c(cc14)C(C)(C)CCC5(C)C)B3c1cc3oc4ccccc4c3cc1N2c1ccc(C(C)(C)C)cc1-c1ccccc1. The van der Waals surface area contributed by atoms with Crippen LogP contribution in [-0.4, -0.2) is 6.71 Å². The molecule has 3 aliphatic rings. The number of aryl methyl sites for hydroxylation is 1. The maximum Gasteiger partial charge on any atom is 0.297 e. The molecule has 5 heteroatoms. The van der Waals surface area contributed by atoms with Crippen molar-refractivity contribution in [2.75, 3.05) is 9.80 Å². The van der Waals surface area contributed by atoms with Crippen molar-refractivity contribution >= 4 is 90.3 Å². The summed E-state index contributed by atoms with van der Waals surface area (Å²) in [5.74, 6) is 0. The molecule has 0 unspecified atom stereocenters. The minimum atomic E-state index is -0.209. The number of anilines is 6. The Morgan fingerprint density at radius 3 is 1.83 bits per heavy atom.